The first-order valence-corrected chi connectivity index (χ1v) is 11.9. The molecule has 33 heavy (non-hydrogen) atoms. The number of rotatable bonds is 5. The minimum atomic E-state index is -0.243. The minimum Gasteiger partial charge on any atom is -0.488 e. The van der Waals surface area contributed by atoms with Crippen LogP contribution in [0.2, 0.25) is 0 Å². The number of hydrogen-bond donors (Lipinski definition) is 0. The number of nitrogens with zero attached hydrogens (tertiary/aromatic N) is 3. The lowest BCUT2D eigenvalue weighted by molar-refractivity contribution is -0.140. The van der Waals surface area contributed by atoms with Gasteiger partial charge in [0, 0.05) is 5.56 Å². The summed E-state index contributed by atoms with van der Waals surface area (Å²) in [5, 5.41) is 14.6. The first-order chi connectivity index (χ1) is 16.1. The van der Waals surface area contributed by atoms with Crippen LogP contribution in [-0.2, 0) is 16.2 Å². The molecule has 6 atom stereocenters. The van der Waals surface area contributed by atoms with Gasteiger partial charge in [0.2, 0.25) is 0 Å². The maximum absolute atomic E-state index is 13.0. The third kappa shape index (κ3) is 3.24. The molecule has 1 aliphatic heterocycles. The number of hydrazone groups is 1. The van der Waals surface area contributed by atoms with Gasteiger partial charge in [-0.25, -0.2) is 0 Å². The number of hydrogen-bond acceptors (Lipinski definition) is 5. The lowest BCUT2D eigenvalue weighted by atomic mass is 9.63. The van der Waals surface area contributed by atoms with Crippen molar-refractivity contribution < 1.29 is 14.3 Å². The maximum atomic E-state index is 13.0. The van der Waals surface area contributed by atoms with E-state index in [1.54, 1.807) is 18.3 Å². The van der Waals surface area contributed by atoms with E-state index in [9.17, 15) is 14.9 Å². The molecule has 2 saturated carbocycles. The molecule has 7 heteroatoms. The van der Waals surface area contributed by atoms with E-state index in [2.05, 4.69) is 39.3 Å². The molecule has 164 valence electrons. The summed E-state index contributed by atoms with van der Waals surface area (Å²) < 4.78 is 6.59. The van der Waals surface area contributed by atoms with Crippen LogP contribution >= 0.6 is 15.9 Å². The molecule has 0 N–H and O–H groups in total. The molecule has 0 aromatic heterocycles. The van der Waals surface area contributed by atoms with Crippen LogP contribution < -0.4 is 4.74 Å². The Morgan fingerprint density at radius 1 is 1.09 bits per heavy atom. The lowest BCUT2D eigenvalue weighted by Crippen LogP contribution is -2.40. The summed E-state index contributed by atoms with van der Waals surface area (Å²) in [6.07, 6.45) is 7.00. The largest absolute Gasteiger partial charge is 0.488 e. The first kappa shape index (κ1) is 20.4. The van der Waals surface area contributed by atoms with Crippen LogP contribution in [0, 0.1) is 46.8 Å². The summed E-state index contributed by atoms with van der Waals surface area (Å²) in [6.45, 7) is 0.272. The summed E-state index contributed by atoms with van der Waals surface area (Å²) in [4.78, 5) is 26.0. The number of carbonyl (C=O) groups is 2. The van der Waals surface area contributed by atoms with Crippen LogP contribution in [0.15, 0.2) is 64.2 Å². The quantitative estimate of drug-likeness (QED) is 0.347. The van der Waals surface area contributed by atoms with Crippen LogP contribution in [-0.4, -0.2) is 23.0 Å². The van der Waals surface area contributed by atoms with Gasteiger partial charge in [0.15, 0.2) is 0 Å². The van der Waals surface area contributed by atoms with Crippen LogP contribution in [0.25, 0.3) is 0 Å². The molecule has 4 aliphatic carbocycles. The number of benzene rings is 2. The van der Waals surface area contributed by atoms with Crippen molar-refractivity contribution in [3.63, 3.8) is 0 Å². The van der Waals surface area contributed by atoms with Gasteiger partial charge in [-0.1, -0.05) is 30.4 Å². The molecule has 2 amide bonds. The predicted molar refractivity (Wildman–Crippen MR) is 124 cm³/mol. The molecule has 0 unspecified atom stereocenters. The van der Waals surface area contributed by atoms with Gasteiger partial charge in [-0.2, -0.15) is 15.4 Å². The molecular formula is C26H20BrN3O3. The smallest absolute Gasteiger partial charge is 0.254 e. The van der Waals surface area contributed by atoms with Crippen molar-refractivity contribution in [2.24, 2.45) is 40.6 Å². The standard InChI is InChI=1S/C26H20BrN3O3/c27-21-9-14(5-8-22(21)33-13-16-4-2-1-3-15(16)11-28)12-29-30-25(31)23-17-6-7-18(20-10-19(17)20)24(23)26(30)32/h1-9,12,17-20,23-24H,10,13H2/b29-12-/t17-,18-,19-,20-,23-,24+/m0/s1. The van der Waals surface area contributed by atoms with Crippen molar-refractivity contribution in [2.75, 3.05) is 0 Å². The molecule has 1 saturated heterocycles. The average molecular weight is 502 g/mol. The molecular weight excluding hydrogens is 482 g/mol. The molecule has 1 heterocycles. The molecule has 5 aliphatic rings. The molecule has 7 rings (SSSR count). The van der Waals surface area contributed by atoms with Crippen molar-refractivity contribution in [3.8, 4) is 11.8 Å². The van der Waals surface area contributed by atoms with E-state index >= 15 is 0 Å². The second-order valence-electron chi connectivity index (χ2n) is 9.13. The fourth-order valence-corrected chi connectivity index (χ4v) is 6.32. The zero-order valence-electron chi connectivity index (χ0n) is 17.6. The van der Waals surface area contributed by atoms with Gasteiger partial charge >= 0.3 is 0 Å². The Morgan fingerprint density at radius 3 is 2.45 bits per heavy atom. The lowest BCUT2D eigenvalue weighted by Gasteiger charge is -2.37. The third-order valence-corrected chi connectivity index (χ3v) is 8.06. The number of allylic oxidation sites excluding steroid dienone is 2. The molecule has 0 spiro atoms. The van der Waals surface area contributed by atoms with Crippen LogP contribution in [0.1, 0.15) is 23.1 Å². The molecule has 2 aromatic rings. The van der Waals surface area contributed by atoms with Crippen molar-refractivity contribution in [1.29, 1.82) is 5.26 Å². The van der Waals surface area contributed by atoms with Gasteiger partial charge in [-0.3, -0.25) is 9.59 Å². The Kier molecular flexibility index (Phi) is 4.73. The fourth-order valence-electron chi connectivity index (χ4n) is 5.80. The van der Waals surface area contributed by atoms with Crippen LogP contribution in [0.4, 0.5) is 0 Å². The highest BCUT2D eigenvalue weighted by atomic mass is 79.9. The Balaban J connectivity index is 1.16. The van der Waals surface area contributed by atoms with Gasteiger partial charge in [-0.15, -0.1) is 0 Å². The number of amides is 2. The van der Waals surface area contributed by atoms with E-state index < -0.39 is 0 Å². The van der Waals surface area contributed by atoms with Gasteiger partial charge in [0.1, 0.15) is 12.4 Å². The highest BCUT2D eigenvalue weighted by molar-refractivity contribution is 9.10. The van der Waals surface area contributed by atoms with Crippen molar-refractivity contribution in [1.82, 2.24) is 5.01 Å². The van der Waals surface area contributed by atoms with E-state index in [0.29, 0.717) is 23.1 Å². The van der Waals surface area contributed by atoms with Crippen LogP contribution in [0.3, 0.4) is 0 Å². The predicted octanol–water partition coefficient (Wildman–Crippen LogP) is 4.29. The summed E-state index contributed by atoms with van der Waals surface area (Å²) >= 11 is 3.51. The molecule has 3 fully saturated rings. The monoisotopic (exact) mass is 501 g/mol. The Labute approximate surface area is 199 Å². The normalized spacial score (nSPS) is 31.0. The van der Waals surface area contributed by atoms with Gasteiger partial charge in [0.25, 0.3) is 11.8 Å². The Morgan fingerprint density at radius 2 is 1.79 bits per heavy atom. The number of nitriles is 1. The topological polar surface area (TPSA) is 82.8 Å². The molecule has 2 bridgehead atoms. The van der Waals surface area contributed by atoms with Crippen LogP contribution in [0.5, 0.6) is 5.75 Å². The Bertz CT molecular complexity index is 1240. The minimum absolute atomic E-state index is 0.166. The molecule has 6 nitrogen and oxygen atoms in total. The zero-order valence-corrected chi connectivity index (χ0v) is 19.2. The average Bonchev–Trinajstić information content (AvgIpc) is 3.62. The number of halogens is 1. The van der Waals surface area contributed by atoms with Gasteiger partial charge in [-0.05, 0) is 75.9 Å². The van der Waals surface area contributed by atoms with Crippen molar-refractivity contribution in [2.45, 2.75) is 13.0 Å². The highest BCUT2D eigenvalue weighted by Crippen LogP contribution is 2.65. The number of ether oxygens (including phenoxy) is 1. The zero-order chi connectivity index (χ0) is 22.7. The maximum Gasteiger partial charge on any atom is 0.254 e. The summed E-state index contributed by atoms with van der Waals surface area (Å²) in [5.74, 6) is 1.34. The molecule has 0 radical (unpaired) electrons. The third-order valence-electron chi connectivity index (χ3n) is 7.44. The Hall–Kier alpha value is -3.24. The number of carbonyl (C=O) groups excluding carboxylic acids is 2. The van der Waals surface area contributed by atoms with Crippen molar-refractivity contribution >= 4 is 34.0 Å². The van der Waals surface area contributed by atoms with E-state index in [0.717, 1.165) is 27.0 Å². The SMILES string of the molecule is N#Cc1ccccc1COc1ccc(/C=N\N2C(=O)[C@@H]3[C@H]4C=C[C@@H]([C@@H]5C[C@@H]45)[C@@H]3C2=O)cc1Br. The summed E-state index contributed by atoms with van der Waals surface area (Å²) in [5.41, 5.74) is 2.14. The number of imide groups is 1. The van der Waals surface area contributed by atoms with Crippen molar-refractivity contribution in [3.05, 3.63) is 75.8 Å². The molecule has 2 aromatic carbocycles. The summed E-state index contributed by atoms with van der Waals surface area (Å²) in [7, 11) is 0. The van der Waals surface area contributed by atoms with E-state index in [4.69, 9.17) is 4.74 Å². The highest BCUT2D eigenvalue weighted by Gasteiger charge is 2.67. The van der Waals surface area contributed by atoms with Gasteiger partial charge < -0.3 is 4.74 Å². The van der Waals surface area contributed by atoms with E-state index in [1.807, 2.05) is 30.3 Å². The van der Waals surface area contributed by atoms with Gasteiger partial charge in [0.05, 0.1) is 34.2 Å². The summed E-state index contributed by atoms with van der Waals surface area (Å²) in [6, 6.07) is 14.9. The van der Waals surface area contributed by atoms with E-state index in [-0.39, 0.29) is 42.1 Å². The van der Waals surface area contributed by atoms with E-state index in [1.165, 1.54) is 0 Å². The second-order valence-corrected chi connectivity index (χ2v) is 9.99. The first-order valence-electron chi connectivity index (χ1n) is 11.1. The second kappa shape index (κ2) is 7.67. The fraction of sp³-hybridized carbons (Fsp3) is 0.308.